The summed E-state index contributed by atoms with van der Waals surface area (Å²) in [6.07, 6.45) is 6.71. The highest BCUT2D eigenvalue weighted by atomic mass is 16.1. The van der Waals surface area contributed by atoms with E-state index in [-0.39, 0.29) is 10.8 Å². The molecule has 2 aliphatic rings. The van der Waals surface area contributed by atoms with Crippen molar-refractivity contribution in [3.05, 3.63) is 11.6 Å². The molecule has 0 aromatic carbocycles. The van der Waals surface area contributed by atoms with E-state index in [0.29, 0.717) is 11.7 Å². The molecule has 0 amide bonds. The lowest BCUT2D eigenvalue weighted by Crippen LogP contribution is -2.49. The van der Waals surface area contributed by atoms with E-state index in [0.717, 1.165) is 19.3 Å². The van der Waals surface area contributed by atoms with Gasteiger partial charge in [0, 0.05) is 10.8 Å². The largest absolute Gasteiger partial charge is 0.298 e. The Hall–Kier alpha value is -0.590. The summed E-state index contributed by atoms with van der Waals surface area (Å²) in [6, 6.07) is 0. The lowest BCUT2D eigenvalue weighted by atomic mass is 9.53. The third-order valence-corrected chi connectivity index (χ3v) is 4.64. The van der Waals surface area contributed by atoms with Crippen LogP contribution in [0.25, 0.3) is 0 Å². The van der Waals surface area contributed by atoms with Gasteiger partial charge in [-0.2, -0.15) is 0 Å². The second kappa shape index (κ2) is 3.20. The average Bonchev–Trinajstić information content (AvgIpc) is 2.14. The molecular formula is C14H22O. The first kappa shape index (κ1) is 10.9. The van der Waals surface area contributed by atoms with Crippen LogP contribution in [0.5, 0.6) is 0 Å². The Morgan fingerprint density at radius 3 is 2.60 bits per heavy atom. The van der Waals surface area contributed by atoms with E-state index in [4.69, 9.17) is 0 Å². The topological polar surface area (TPSA) is 17.1 Å². The fourth-order valence-electron chi connectivity index (χ4n) is 3.63. The maximum Gasteiger partial charge on any atom is 0.144 e. The van der Waals surface area contributed by atoms with Crippen molar-refractivity contribution in [2.75, 3.05) is 0 Å². The van der Waals surface area contributed by atoms with Gasteiger partial charge in [-0.05, 0) is 38.5 Å². The maximum absolute atomic E-state index is 12.5. The molecule has 0 aromatic heterocycles. The Kier molecular flexibility index (Phi) is 2.33. The van der Waals surface area contributed by atoms with Gasteiger partial charge in [0.05, 0.1) is 0 Å². The third kappa shape index (κ3) is 1.47. The number of carbonyl (C=O) groups is 1. The fourth-order valence-corrected chi connectivity index (χ4v) is 3.63. The molecule has 0 bridgehead atoms. The molecule has 0 aromatic rings. The van der Waals surface area contributed by atoms with Gasteiger partial charge >= 0.3 is 0 Å². The molecule has 0 N–H and O–H groups in total. The van der Waals surface area contributed by atoms with Crippen LogP contribution in [0.1, 0.15) is 53.4 Å². The number of ketones is 1. The summed E-state index contributed by atoms with van der Waals surface area (Å²) in [5.41, 5.74) is 1.29. The highest BCUT2D eigenvalue weighted by Crippen LogP contribution is 2.53. The molecule has 1 saturated carbocycles. The van der Waals surface area contributed by atoms with Gasteiger partial charge in [-0.15, -0.1) is 0 Å². The first-order chi connectivity index (χ1) is 6.88. The van der Waals surface area contributed by atoms with E-state index in [1.165, 1.54) is 12.0 Å². The Labute approximate surface area is 92.9 Å². The molecule has 0 aliphatic heterocycles. The zero-order valence-corrected chi connectivity index (χ0v) is 10.4. The molecular weight excluding hydrogens is 184 g/mol. The number of carbonyl (C=O) groups excluding carboxylic acids is 1. The van der Waals surface area contributed by atoms with Crippen molar-refractivity contribution in [2.45, 2.75) is 53.4 Å². The predicted molar refractivity (Wildman–Crippen MR) is 62.6 cm³/mol. The van der Waals surface area contributed by atoms with Gasteiger partial charge in [0.25, 0.3) is 0 Å². The fraction of sp³-hybridized carbons (Fsp3) is 0.786. The van der Waals surface area contributed by atoms with E-state index >= 15 is 0 Å². The summed E-state index contributed by atoms with van der Waals surface area (Å²) in [4.78, 5) is 12.5. The van der Waals surface area contributed by atoms with Crippen molar-refractivity contribution in [3.8, 4) is 0 Å². The molecule has 0 radical (unpaired) electrons. The molecule has 0 heterocycles. The summed E-state index contributed by atoms with van der Waals surface area (Å²) < 4.78 is 0. The number of fused-ring (bicyclic) bond motifs is 1. The Balaban J connectivity index is 2.39. The molecule has 0 saturated heterocycles. The molecule has 1 fully saturated rings. The van der Waals surface area contributed by atoms with Crippen molar-refractivity contribution in [1.82, 2.24) is 0 Å². The highest BCUT2D eigenvalue weighted by molar-refractivity contribution is 5.91. The van der Waals surface area contributed by atoms with Crippen molar-refractivity contribution in [2.24, 2.45) is 16.7 Å². The predicted octanol–water partition coefficient (Wildman–Crippen LogP) is 3.74. The van der Waals surface area contributed by atoms with Crippen molar-refractivity contribution in [3.63, 3.8) is 0 Å². The molecule has 2 atom stereocenters. The summed E-state index contributed by atoms with van der Waals surface area (Å²) in [7, 11) is 0. The zero-order valence-electron chi connectivity index (χ0n) is 10.4. The molecule has 1 nitrogen and oxygen atoms in total. The summed E-state index contributed by atoms with van der Waals surface area (Å²) in [5, 5.41) is 0. The smallest absolute Gasteiger partial charge is 0.144 e. The number of allylic oxidation sites excluding steroid dienone is 2. The van der Waals surface area contributed by atoms with Gasteiger partial charge in [0.15, 0.2) is 0 Å². The van der Waals surface area contributed by atoms with Crippen molar-refractivity contribution < 1.29 is 4.79 Å². The second-order valence-corrected chi connectivity index (χ2v) is 6.21. The zero-order chi connectivity index (χ0) is 11.3. The standard InChI is InChI=1S/C14H22O/c1-10-6-5-8-14(4)11(10)7-9-13(2,3)12(14)15/h6,11H,5,7-9H2,1-4H3. The molecule has 2 aliphatic carbocycles. The van der Waals surface area contributed by atoms with E-state index in [1.54, 1.807) is 0 Å². The van der Waals surface area contributed by atoms with Gasteiger partial charge in [0.1, 0.15) is 5.78 Å². The normalized spacial score (nSPS) is 39.6. The molecule has 84 valence electrons. The van der Waals surface area contributed by atoms with Gasteiger partial charge < -0.3 is 0 Å². The Bertz CT molecular complexity index is 324. The van der Waals surface area contributed by atoms with E-state index < -0.39 is 0 Å². The number of Topliss-reactive ketones (excluding diaryl/α,β-unsaturated/α-hetero) is 1. The van der Waals surface area contributed by atoms with Gasteiger partial charge in [-0.1, -0.05) is 32.4 Å². The van der Waals surface area contributed by atoms with Crippen LogP contribution in [-0.4, -0.2) is 5.78 Å². The van der Waals surface area contributed by atoms with Crippen LogP contribution in [0.3, 0.4) is 0 Å². The Morgan fingerprint density at radius 2 is 1.93 bits per heavy atom. The van der Waals surface area contributed by atoms with Crippen LogP contribution >= 0.6 is 0 Å². The van der Waals surface area contributed by atoms with Gasteiger partial charge in [0.2, 0.25) is 0 Å². The number of rotatable bonds is 0. The van der Waals surface area contributed by atoms with Crippen LogP contribution in [0.15, 0.2) is 11.6 Å². The van der Waals surface area contributed by atoms with Crippen molar-refractivity contribution >= 4 is 5.78 Å². The molecule has 0 spiro atoms. The molecule has 15 heavy (non-hydrogen) atoms. The van der Waals surface area contributed by atoms with E-state index in [1.807, 2.05) is 0 Å². The highest BCUT2D eigenvalue weighted by Gasteiger charge is 2.51. The Morgan fingerprint density at radius 1 is 1.27 bits per heavy atom. The van der Waals surface area contributed by atoms with Crippen LogP contribution in [0.2, 0.25) is 0 Å². The lowest BCUT2D eigenvalue weighted by molar-refractivity contribution is -0.145. The first-order valence-corrected chi connectivity index (χ1v) is 6.09. The van der Waals surface area contributed by atoms with Gasteiger partial charge in [-0.3, -0.25) is 4.79 Å². The van der Waals surface area contributed by atoms with Crippen LogP contribution in [0, 0.1) is 16.7 Å². The quantitative estimate of drug-likeness (QED) is 0.552. The maximum atomic E-state index is 12.5. The van der Waals surface area contributed by atoms with Crippen LogP contribution in [0.4, 0.5) is 0 Å². The van der Waals surface area contributed by atoms with E-state index in [9.17, 15) is 4.79 Å². The first-order valence-electron chi connectivity index (χ1n) is 6.09. The minimum atomic E-state index is -0.0944. The molecule has 1 heteroatoms. The summed E-state index contributed by atoms with van der Waals surface area (Å²) >= 11 is 0. The van der Waals surface area contributed by atoms with Crippen LogP contribution in [-0.2, 0) is 4.79 Å². The second-order valence-electron chi connectivity index (χ2n) is 6.21. The van der Waals surface area contributed by atoms with Crippen molar-refractivity contribution in [1.29, 1.82) is 0 Å². The molecule has 2 rings (SSSR count). The van der Waals surface area contributed by atoms with E-state index in [2.05, 4.69) is 33.8 Å². The van der Waals surface area contributed by atoms with Crippen LogP contribution < -0.4 is 0 Å². The lowest BCUT2D eigenvalue weighted by Gasteiger charge is -2.49. The minimum Gasteiger partial charge on any atom is -0.298 e. The monoisotopic (exact) mass is 206 g/mol. The summed E-state index contributed by atoms with van der Waals surface area (Å²) in [5.74, 6) is 1.02. The summed E-state index contributed by atoms with van der Waals surface area (Å²) in [6.45, 7) is 8.62. The number of hydrogen-bond donors (Lipinski definition) is 0. The molecule has 2 unspecified atom stereocenters. The average molecular weight is 206 g/mol. The van der Waals surface area contributed by atoms with Gasteiger partial charge in [-0.25, -0.2) is 0 Å². The number of hydrogen-bond acceptors (Lipinski definition) is 1. The minimum absolute atomic E-state index is 0.0689. The SMILES string of the molecule is CC1=CCCC2(C)C(=O)C(C)(C)CCC12. The third-order valence-electron chi connectivity index (χ3n) is 4.64.